The van der Waals surface area contributed by atoms with E-state index in [1.807, 2.05) is 0 Å². The molecular formula is C13H16FNO5S. The smallest absolute Gasteiger partial charge is 0.338 e. The lowest BCUT2D eigenvalue weighted by Crippen LogP contribution is -2.44. The molecule has 1 aromatic carbocycles. The average molecular weight is 317 g/mol. The van der Waals surface area contributed by atoms with Crippen LogP contribution in [0.5, 0.6) is 0 Å². The number of hydrogen-bond donors (Lipinski definition) is 2. The summed E-state index contributed by atoms with van der Waals surface area (Å²) in [5, 5.41) is 18.5. The van der Waals surface area contributed by atoms with Crippen molar-refractivity contribution < 1.29 is 27.8 Å². The van der Waals surface area contributed by atoms with Crippen LogP contribution in [-0.2, 0) is 10.0 Å². The lowest BCUT2D eigenvalue weighted by molar-refractivity contribution is 0.0628. The van der Waals surface area contributed by atoms with Gasteiger partial charge in [-0.1, -0.05) is 6.92 Å². The largest absolute Gasteiger partial charge is 0.478 e. The summed E-state index contributed by atoms with van der Waals surface area (Å²) in [6.45, 7) is 2.02. The van der Waals surface area contributed by atoms with Crippen molar-refractivity contribution in [2.45, 2.75) is 24.3 Å². The van der Waals surface area contributed by atoms with E-state index in [0.29, 0.717) is 6.42 Å². The zero-order valence-corrected chi connectivity index (χ0v) is 12.2. The van der Waals surface area contributed by atoms with E-state index in [2.05, 4.69) is 0 Å². The summed E-state index contributed by atoms with van der Waals surface area (Å²) in [4.78, 5) is 10.6. The molecule has 2 unspecified atom stereocenters. The highest BCUT2D eigenvalue weighted by Gasteiger charge is 2.33. The van der Waals surface area contributed by atoms with Crippen LogP contribution in [0.3, 0.4) is 0 Å². The molecule has 2 atom stereocenters. The molecule has 1 aromatic rings. The van der Waals surface area contributed by atoms with Crippen molar-refractivity contribution in [3.8, 4) is 0 Å². The summed E-state index contributed by atoms with van der Waals surface area (Å²) in [6, 6.07) is 2.70. The third-order valence-electron chi connectivity index (χ3n) is 3.63. The van der Waals surface area contributed by atoms with Gasteiger partial charge in [-0.05, 0) is 30.5 Å². The molecule has 1 aliphatic rings. The van der Waals surface area contributed by atoms with Crippen molar-refractivity contribution >= 4 is 16.0 Å². The van der Waals surface area contributed by atoms with Crippen LogP contribution >= 0.6 is 0 Å². The van der Waals surface area contributed by atoms with Crippen molar-refractivity contribution in [1.29, 1.82) is 0 Å². The fourth-order valence-corrected chi connectivity index (χ4v) is 3.87. The average Bonchev–Trinajstić information content (AvgIpc) is 2.41. The van der Waals surface area contributed by atoms with E-state index < -0.39 is 33.5 Å². The second kappa shape index (κ2) is 5.70. The molecule has 21 heavy (non-hydrogen) atoms. The minimum atomic E-state index is -3.90. The molecule has 1 saturated heterocycles. The first-order chi connectivity index (χ1) is 9.73. The number of hydrogen-bond acceptors (Lipinski definition) is 4. The highest BCUT2D eigenvalue weighted by atomic mass is 32.2. The predicted molar refractivity (Wildman–Crippen MR) is 71.9 cm³/mol. The molecule has 0 bridgehead atoms. The molecule has 0 spiro atoms. The second-order valence-corrected chi connectivity index (χ2v) is 7.08. The predicted octanol–water partition coefficient (Wildman–Crippen LogP) is 0.915. The van der Waals surface area contributed by atoms with Crippen molar-refractivity contribution in [3.05, 3.63) is 29.6 Å². The highest BCUT2D eigenvalue weighted by Crippen LogP contribution is 2.25. The lowest BCUT2D eigenvalue weighted by atomic mass is 9.99. The number of rotatable bonds is 3. The normalized spacial score (nSPS) is 24.0. The topological polar surface area (TPSA) is 94.9 Å². The number of halogens is 1. The van der Waals surface area contributed by atoms with Gasteiger partial charge in [0.25, 0.3) is 0 Å². The molecule has 0 aromatic heterocycles. The van der Waals surface area contributed by atoms with Gasteiger partial charge in [0.1, 0.15) is 5.82 Å². The summed E-state index contributed by atoms with van der Waals surface area (Å²) in [6.07, 6.45) is -0.243. The maximum absolute atomic E-state index is 13.3. The van der Waals surface area contributed by atoms with Crippen LogP contribution in [0.25, 0.3) is 0 Å². The SMILES string of the molecule is CC1CN(S(=O)(=O)c2ccc(F)c(C(=O)O)c2)CCC1O. The molecule has 116 valence electrons. The van der Waals surface area contributed by atoms with Crippen molar-refractivity contribution in [2.24, 2.45) is 5.92 Å². The van der Waals surface area contributed by atoms with E-state index in [1.54, 1.807) is 6.92 Å². The van der Waals surface area contributed by atoms with E-state index in [4.69, 9.17) is 5.11 Å². The van der Waals surface area contributed by atoms with Gasteiger partial charge < -0.3 is 10.2 Å². The van der Waals surface area contributed by atoms with Crippen molar-refractivity contribution in [3.63, 3.8) is 0 Å². The van der Waals surface area contributed by atoms with Gasteiger partial charge in [0.15, 0.2) is 0 Å². The van der Waals surface area contributed by atoms with Gasteiger partial charge in [0, 0.05) is 13.1 Å². The molecule has 6 nitrogen and oxygen atoms in total. The fourth-order valence-electron chi connectivity index (χ4n) is 2.29. The molecule has 0 aliphatic carbocycles. The summed E-state index contributed by atoms with van der Waals surface area (Å²) >= 11 is 0. The van der Waals surface area contributed by atoms with Gasteiger partial charge in [-0.2, -0.15) is 4.31 Å². The molecule has 1 heterocycles. The maximum atomic E-state index is 13.3. The third kappa shape index (κ3) is 3.07. The summed E-state index contributed by atoms with van der Waals surface area (Å²) in [7, 11) is -3.90. The Balaban J connectivity index is 2.36. The van der Waals surface area contributed by atoms with Crippen LogP contribution in [0.15, 0.2) is 23.1 Å². The van der Waals surface area contributed by atoms with Crippen molar-refractivity contribution in [2.75, 3.05) is 13.1 Å². The Morgan fingerprint density at radius 1 is 1.43 bits per heavy atom. The van der Waals surface area contributed by atoms with E-state index in [-0.39, 0.29) is 23.9 Å². The molecular weight excluding hydrogens is 301 g/mol. The molecule has 2 N–H and O–H groups in total. The van der Waals surface area contributed by atoms with Gasteiger partial charge in [-0.3, -0.25) is 0 Å². The fraction of sp³-hybridized carbons (Fsp3) is 0.462. The van der Waals surface area contributed by atoms with Gasteiger partial charge in [-0.25, -0.2) is 17.6 Å². The van der Waals surface area contributed by atoms with Crippen LogP contribution in [-0.4, -0.2) is 48.1 Å². The minimum absolute atomic E-state index is 0.142. The minimum Gasteiger partial charge on any atom is -0.478 e. The van der Waals surface area contributed by atoms with Crippen LogP contribution in [0, 0.1) is 11.7 Å². The van der Waals surface area contributed by atoms with Crippen LogP contribution < -0.4 is 0 Å². The number of aliphatic hydroxyl groups is 1. The first kappa shape index (κ1) is 15.9. The lowest BCUT2D eigenvalue weighted by Gasteiger charge is -2.33. The summed E-state index contributed by atoms with van der Waals surface area (Å²) in [5.74, 6) is -2.72. The Labute approximate surface area is 121 Å². The van der Waals surface area contributed by atoms with Crippen LogP contribution in [0.2, 0.25) is 0 Å². The Bertz CT molecular complexity index is 661. The highest BCUT2D eigenvalue weighted by molar-refractivity contribution is 7.89. The van der Waals surface area contributed by atoms with E-state index >= 15 is 0 Å². The van der Waals surface area contributed by atoms with E-state index in [9.17, 15) is 22.7 Å². The Morgan fingerprint density at radius 2 is 2.10 bits per heavy atom. The van der Waals surface area contributed by atoms with Gasteiger partial charge >= 0.3 is 5.97 Å². The van der Waals surface area contributed by atoms with E-state index in [0.717, 1.165) is 18.2 Å². The molecule has 8 heteroatoms. The number of carboxylic acid groups (broad SMARTS) is 1. The van der Waals surface area contributed by atoms with E-state index in [1.165, 1.54) is 4.31 Å². The monoisotopic (exact) mass is 317 g/mol. The Morgan fingerprint density at radius 3 is 2.67 bits per heavy atom. The molecule has 1 aliphatic heterocycles. The van der Waals surface area contributed by atoms with Gasteiger partial charge in [0.05, 0.1) is 16.6 Å². The number of sulfonamides is 1. The van der Waals surface area contributed by atoms with Gasteiger partial charge in [-0.15, -0.1) is 0 Å². The standard InChI is InChI=1S/C13H16FNO5S/c1-8-7-15(5-4-12(8)16)21(19,20)9-2-3-11(14)10(6-9)13(17)18/h2-3,6,8,12,16H,4-5,7H2,1H3,(H,17,18). The first-order valence-electron chi connectivity index (χ1n) is 6.44. The van der Waals surface area contributed by atoms with Crippen LogP contribution in [0.1, 0.15) is 23.7 Å². The summed E-state index contributed by atoms with van der Waals surface area (Å²) < 4.78 is 39.4. The zero-order chi connectivity index (χ0) is 15.8. The molecule has 1 fully saturated rings. The molecule has 0 amide bonds. The number of aliphatic hydroxyl groups excluding tert-OH is 1. The van der Waals surface area contributed by atoms with Gasteiger partial charge in [0.2, 0.25) is 10.0 Å². The number of benzene rings is 1. The summed E-state index contributed by atoms with van der Waals surface area (Å²) in [5.41, 5.74) is -0.679. The maximum Gasteiger partial charge on any atom is 0.338 e. The first-order valence-corrected chi connectivity index (χ1v) is 7.88. The second-order valence-electron chi connectivity index (χ2n) is 5.14. The quantitative estimate of drug-likeness (QED) is 0.864. The number of carboxylic acids is 1. The molecule has 2 rings (SSSR count). The molecule has 0 saturated carbocycles. The third-order valence-corrected chi connectivity index (χ3v) is 5.49. The number of nitrogens with zero attached hydrogens (tertiary/aromatic N) is 1. The number of aromatic carboxylic acids is 1. The number of carbonyl (C=O) groups is 1. The zero-order valence-electron chi connectivity index (χ0n) is 11.4. The van der Waals surface area contributed by atoms with Crippen LogP contribution in [0.4, 0.5) is 4.39 Å². The van der Waals surface area contributed by atoms with Crippen molar-refractivity contribution in [1.82, 2.24) is 4.31 Å². The molecule has 0 radical (unpaired) electrons. The Kier molecular flexibility index (Phi) is 4.31. The number of piperidine rings is 1. The Hall–Kier alpha value is -1.51.